The normalized spacial score (nSPS) is 15.4. The first-order valence-corrected chi connectivity index (χ1v) is 11.8. The lowest BCUT2D eigenvalue weighted by Crippen LogP contribution is -2.46. The lowest BCUT2D eigenvalue weighted by molar-refractivity contribution is 0.108. The lowest BCUT2D eigenvalue weighted by atomic mass is 10.1. The van der Waals surface area contributed by atoms with Crippen LogP contribution in [0.15, 0.2) is 41.5 Å². The summed E-state index contributed by atoms with van der Waals surface area (Å²) in [5.74, 6) is 1.20. The molecule has 2 aromatic heterocycles. The molecule has 1 aliphatic rings. The van der Waals surface area contributed by atoms with E-state index in [-0.39, 0.29) is 12.2 Å². The van der Waals surface area contributed by atoms with Crippen molar-refractivity contribution in [1.82, 2.24) is 29.7 Å². The maximum Gasteiger partial charge on any atom is 0.259 e. The Balaban J connectivity index is 1.48. The molecule has 0 spiro atoms. The molecule has 1 saturated heterocycles. The summed E-state index contributed by atoms with van der Waals surface area (Å²) in [6.07, 6.45) is 2.50. The summed E-state index contributed by atoms with van der Waals surface area (Å²) in [6, 6.07) is 9.75. The van der Waals surface area contributed by atoms with Gasteiger partial charge in [-0.3, -0.25) is 14.6 Å². The Kier molecular flexibility index (Phi) is 6.57. The number of hydrogen-bond acceptors (Lipinski definition) is 7. The molecule has 0 unspecified atom stereocenters. The highest BCUT2D eigenvalue weighted by atomic mass is 16.5. The van der Waals surface area contributed by atoms with Gasteiger partial charge in [-0.2, -0.15) is 0 Å². The fourth-order valence-corrected chi connectivity index (χ4v) is 4.47. The van der Waals surface area contributed by atoms with Crippen molar-refractivity contribution in [2.75, 3.05) is 45.9 Å². The van der Waals surface area contributed by atoms with Gasteiger partial charge in [0.2, 0.25) is 0 Å². The van der Waals surface area contributed by atoms with Crippen molar-refractivity contribution in [3.05, 3.63) is 52.6 Å². The maximum atomic E-state index is 12.9. The third kappa shape index (κ3) is 4.68. The van der Waals surface area contributed by atoms with Crippen LogP contribution in [-0.2, 0) is 6.54 Å². The second kappa shape index (κ2) is 9.92. The van der Waals surface area contributed by atoms with Gasteiger partial charge in [-0.05, 0) is 36.2 Å². The first kappa shape index (κ1) is 22.5. The number of ether oxygens (including phenoxy) is 1. The van der Waals surface area contributed by atoms with Crippen LogP contribution >= 0.6 is 0 Å². The Morgan fingerprint density at radius 2 is 1.91 bits per heavy atom. The number of piperazine rings is 1. The molecule has 1 fully saturated rings. The molecule has 178 valence electrons. The quantitative estimate of drug-likeness (QED) is 0.369. The van der Waals surface area contributed by atoms with Gasteiger partial charge in [0.15, 0.2) is 0 Å². The van der Waals surface area contributed by atoms with Crippen LogP contribution in [0.2, 0.25) is 0 Å². The van der Waals surface area contributed by atoms with Crippen LogP contribution in [0, 0.1) is 0 Å². The smallest absolute Gasteiger partial charge is 0.259 e. The third-order valence-electron chi connectivity index (χ3n) is 6.29. The van der Waals surface area contributed by atoms with Crippen LogP contribution < -0.4 is 10.3 Å². The number of nitrogens with one attached hydrogen (secondary N) is 2. The predicted octanol–water partition coefficient (Wildman–Crippen LogP) is 2.37. The van der Waals surface area contributed by atoms with E-state index in [1.165, 1.54) is 0 Å². The number of aromatic nitrogens is 4. The SMILES string of the molecule is CCCOc1ccc(CN2CCN(CCO)CC2)cc1-c1nc2cc3nc[nH]c3cc2c(=O)[nH]1. The van der Waals surface area contributed by atoms with Gasteiger partial charge in [-0.1, -0.05) is 13.0 Å². The van der Waals surface area contributed by atoms with E-state index in [0.29, 0.717) is 29.1 Å². The number of fused-ring (bicyclic) bond motifs is 2. The molecule has 5 rings (SSSR count). The Morgan fingerprint density at radius 1 is 1.09 bits per heavy atom. The Hall–Kier alpha value is -3.27. The zero-order valence-corrected chi connectivity index (χ0v) is 19.4. The number of benzene rings is 2. The fraction of sp³-hybridized carbons (Fsp3) is 0.400. The number of aliphatic hydroxyl groups is 1. The second-order valence-corrected chi connectivity index (χ2v) is 8.72. The molecule has 0 amide bonds. The van der Waals surface area contributed by atoms with Gasteiger partial charge < -0.3 is 19.8 Å². The summed E-state index contributed by atoms with van der Waals surface area (Å²) in [4.78, 5) is 32.7. The molecule has 0 aliphatic carbocycles. The Morgan fingerprint density at radius 3 is 2.71 bits per heavy atom. The van der Waals surface area contributed by atoms with E-state index in [1.807, 2.05) is 12.1 Å². The van der Waals surface area contributed by atoms with Gasteiger partial charge >= 0.3 is 0 Å². The van der Waals surface area contributed by atoms with Crippen molar-refractivity contribution in [2.45, 2.75) is 19.9 Å². The molecule has 2 aromatic carbocycles. The van der Waals surface area contributed by atoms with Crippen molar-refractivity contribution in [2.24, 2.45) is 0 Å². The van der Waals surface area contributed by atoms with Crippen LogP contribution in [0.5, 0.6) is 5.75 Å². The molecule has 0 radical (unpaired) electrons. The molecule has 34 heavy (non-hydrogen) atoms. The van der Waals surface area contributed by atoms with Crippen molar-refractivity contribution < 1.29 is 9.84 Å². The Labute approximate surface area is 197 Å². The summed E-state index contributed by atoms with van der Waals surface area (Å²) in [7, 11) is 0. The third-order valence-corrected chi connectivity index (χ3v) is 6.29. The van der Waals surface area contributed by atoms with Gasteiger partial charge in [0.1, 0.15) is 11.6 Å². The van der Waals surface area contributed by atoms with E-state index in [0.717, 1.165) is 67.8 Å². The zero-order chi connectivity index (χ0) is 23.5. The molecule has 0 saturated carbocycles. The van der Waals surface area contributed by atoms with Crippen LogP contribution in [0.1, 0.15) is 18.9 Å². The first-order valence-electron chi connectivity index (χ1n) is 11.8. The molecule has 4 aromatic rings. The summed E-state index contributed by atoms with van der Waals surface area (Å²) >= 11 is 0. The molecule has 9 nitrogen and oxygen atoms in total. The highest BCUT2D eigenvalue weighted by molar-refractivity contribution is 5.93. The average molecular weight is 463 g/mol. The minimum absolute atomic E-state index is 0.191. The summed E-state index contributed by atoms with van der Waals surface area (Å²) < 4.78 is 6.01. The highest BCUT2D eigenvalue weighted by Gasteiger charge is 2.18. The zero-order valence-electron chi connectivity index (χ0n) is 19.4. The Bertz CT molecular complexity index is 1340. The van der Waals surface area contributed by atoms with E-state index in [2.05, 4.69) is 43.8 Å². The number of aromatic amines is 2. The van der Waals surface area contributed by atoms with Crippen molar-refractivity contribution >= 4 is 21.9 Å². The van der Waals surface area contributed by atoms with Gasteiger partial charge in [-0.15, -0.1) is 0 Å². The maximum absolute atomic E-state index is 12.9. The van der Waals surface area contributed by atoms with Crippen LogP contribution in [0.25, 0.3) is 33.3 Å². The summed E-state index contributed by atoms with van der Waals surface area (Å²) in [5.41, 5.74) is 3.91. The predicted molar refractivity (Wildman–Crippen MR) is 132 cm³/mol. The molecule has 3 heterocycles. The van der Waals surface area contributed by atoms with Crippen LogP contribution in [0.4, 0.5) is 0 Å². The van der Waals surface area contributed by atoms with Gasteiger partial charge in [0, 0.05) is 39.3 Å². The van der Waals surface area contributed by atoms with Gasteiger partial charge in [0.05, 0.1) is 47.0 Å². The summed E-state index contributed by atoms with van der Waals surface area (Å²) in [6.45, 7) is 8.19. The lowest BCUT2D eigenvalue weighted by Gasteiger charge is -2.34. The van der Waals surface area contributed by atoms with Crippen LogP contribution in [0.3, 0.4) is 0 Å². The molecule has 3 N–H and O–H groups in total. The second-order valence-electron chi connectivity index (χ2n) is 8.72. The average Bonchev–Trinajstić information content (AvgIpc) is 3.31. The van der Waals surface area contributed by atoms with Gasteiger partial charge in [0.25, 0.3) is 5.56 Å². The van der Waals surface area contributed by atoms with E-state index < -0.39 is 0 Å². The number of β-amino-alcohol motifs (C(OH)–C–C–N with tert-alkyl or cyclic N) is 1. The monoisotopic (exact) mass is 462 g/mol. The molecule has 1 aliphatic heterocycles. The number of nitrogens with zero attached hydrogens (tertiary/aromatic N) is 4. The van der Waals surface area contributed by atoms with E-state index in [1.54, 1.807) is 12.4 Å². The fourth-order valence-electron chi connectivity index (χ4n) is 4.47. The van der Waals surface area contributed by atoms with Crippen molar-refractivity contribution in [3.8, 4) is 17.1 Å². The largest absolute Gasteiger partial charge is 0.493 e. The number of aliphatic hydroxyl groups excluding tert-OH is 1. The van der Waals surface area contributed by atoms with Crippen molar-refractivity contribution in [1.29, 1.82) is 0 Å². The standard InChI is InChI=1S/C25H30N6O3/c1-2-11-34-23-4-3-17(15-31-7-5-30(6-8-31)9-10-32)12-19(23)24-28-20-14-22-21(26-16-27-22)13-18(20)25(33)29-24/h3-4,12-14,16,32H,2,5-11,15H2,1H3,(H,26,27)(H,28,29,33). The van der Waals surface area contributed by atoms with Crippen LogP contribution in [-0.4, -0.2) is 80.8 Å². The topological polar surface area (TPSA) is 110 Å². The number of rotatable bonds is 8. The number of hydrogen-bond donors (Lipinski definition) is 3. The number of imidazole rings is 1. The number of H-pyrrole nitrogens is 2. The van der Waals surface area contributed by atoms with Gasteiger partial charge in [-0.25, -0.2) is 9.97 Å². The minimum Gasteiger partial charge on any atom is -0.493 e. The minimum atomic E-state index is -0.191. The first-order chi connectivity index (χ1) is 16.6. The molecular formula is C25H30N6O3. The van der Waals surface area contributed by atoms with E-state index >= 15 is 0 Å². The van der Waals surface area contributed by atoms with E-state index in [4.69, 9.17) is 14.8 Å². The molecule has 9 heteroatoms. The molecule has 0 bridgehead atoms. The van der Waals surface area contributed by atoms with Crippen molar-refractivity contribution in [3.63, 3.8) is 0 Å². The molecular weight excluding hydrogens is 432 g/mol. The highest BCUT2D eigenvalue weighted by Crippen LogP contribution is 2.30. The van der Waals surface area contributed by atoms with E-state index in [9.17, 15) is 4.79 Å². The summed E-state index contributed by atoms with van der Waals surface area (Å²) in [5, 5.41) is 9.69. The molecule has 0 atom stereocenters.